The number of benzene rings is 3. The molecule has 36 heavy (non-hydrogen) atoms. The third-order valence-electron chi connectivity index (χ3n) is 5.19. The van der Waals surface area contributed by atoms with Crippen molar-refractivity contribution in [3.05, 3.63) is 87.2 Å². The number of halogens is 2. The van der Waals surface area contributed by atoms with Gasteiger partial charge in [-0.2, -0.15) is 0 Å². The Labute approximate surface area is 215 Å². The summed E-state index contributed by atoms with van der Waals surface area (Å²) >= 11 is 11.9. The smallest absolute Gasteiger partial charge is 0.355 e. The van der Waals surface area contributed by atoms with Crippen molar-refractivity contribution in [1.29, 1.82) is 0 Å². The summed E-state index contributed by atoms with van der Waals surface area (Å²) in [5.74, 6) is -0.451. The van der Waals surface area contributed by atoms with Gasteiger partial charge in [0.05, 0.1) is 15.6 Å². The fourth-order valence-corrected chi connectivity index (χ4v) is 4.07. The number of aromatic nitrogens is 2. The summed E-state index contributed by atoms with van der Waals surface area (Å²) in [6, 6.07) is 18.0. The topological polar surface area (TPSA) is 123 Å². The molecule has 0 aliphatic heterocycles. The molecule has 0 aliphatic carbocycles. The van der Waals surface area contributed by atoms with Gasteiger partial charge in [-0.3, -0.25) is 25.8 Å². The number of hydrogen-bond donors (Lipinski definition) is 2. The third kappa shape index (κ3) is 5.40. The van der Waals surface area contributed by atoms with Gasteiger partial charge in [-0.05, 0) is 36.6 Å². The van der Waals surface area contributed by atoms with Crippen LogP contribution in [0.25, 0.3) is 10.8 Å². The normalized spacial score (nSPS) is 10.6. The molecule has 1 amide bonds. The monoisotopic (exact) mass is 526 g/mol. The average Bonchev–Trinajstić information content (AvgIpc) is 2.87. The zero-order chi connectivity index (χ0) is 25.7. The summed E-state index contributed by atoms with van der Waals surface area (Å²) in [5, 5.41) is 14.6. The second kappa shape index (κ2) is 11.1. The van der Waals surface area contributed by atoms with Crippen molar-refractivity contribution in [2.75, 3.05) is 23.5 Å². The lowest BCUT2D eigenvalue weighted by Crippen LogP contribution is -2.34. The van der Waals surface area contributed by atoms with Crippen LogP contribution < -0.4 is 20.5 Å². The number of fused-ring (bicyclic) bond motifs is 1. The molecule has 10 nitrogen and oxygen atoms in total. The van der Waals surface area contributed by atoms with Crippen LogP contribution in [0.2, 0.25) is 10.0 Å². The number of amides is 1. The fourth-order valence-electron chi connectivity index (χ4n) is 3.61. The zero-order valence-corrected chi connectivity index (χ0v) is 20.5. The lowest BCUT2D eigenvalue weighted by Gasteiger charge is -2.24. The largest absolute Gasteiger partial charge is 0.482 e. The number of ether oxygens (including phenoxy) is 1. The number of carbonyl (C=O) groups excluding carboxylic acids is 1. The number of carbonyl (C=O) groups is 1. The predicted octanol–water partition coefficient (Wildman–Crippen LogP) is 5.52. The second-order valence-electron chi connectivity index (χ2n) is 7.43. The molecule has 0 fully saturated rings. The molecule has 3 aromatic carbocycles. The lowest BCUT2D eigenvalue weighted by molar-refractivity contribution is -0.383. The van der Waals surface area contributed by atoms with Crippen molar-refractivity contribution >= 4 is 62.9 Å². The number of hydrogen-bond acceptors (Lipinski definition) is 8. The van der Waals surface area contributed by atoms with Crippen LogP contribution in [0.15, 0.2) is 67.0 Å². The molecule has 1 heterocycles. The third-order valence-corrected chi connectivity index (χ3v) is 5.72. The fraction of sp³-hybridized carbons (Fsp3) is 0.125. The van der Waals surface area contributed by atoms with Crippen LogP contribution in [0.1, 0.15) is 6.92 Å². The van der Waals surface area contributed by atoms with Crippen molar-refractivity contribution < 1.29 is 14.5 Å². The van der Waals surface area contributed by atoms with Gasteiger partial charge in [0.1, 0.15) is 12.1 Å². The van der Waals surface area contributed by atoms with Crippen LogP contribution in [0.4, 0.5) is 23.0 Å². The van der Waals surface area contributed by atoms with Crippen LogP contribution in [-0.2, 0) is 4.79 Å². The summed E-state index contributed by atoms with van der Waals surface area (Å²) < 4.78 is 5.38. The standard InChI is InChI=1S/C24H20Cl2N6O4/c1-2-31(19-9-5-7-15-6-3-4-8-17(15)19)24-22(32(34)35)23(27-14-28-24)30-29-21(33)13-36-20-11-10-16(25)12-18(20)26/h3-12,14H,2,13H2,1H3,(H,29,33)(H,27,28,30). The first-order chi connectivity index (χ1) is 17.4. The van der Waals surface area contributed by atoms with E-state index in [1.54, 1.807) is 11.0 Å². The number of rotatable bonds is 9. The molecule has 4 rings (SSSR count). The van der Waals surface area contributed by atoms with E-state index in [0.717, 1.165) is 16.5 Å². The van der Waals surface area contributed by atoms with Crippen LogP contribution in [0.5, 0.6) is 5.75 Å². The molecule has 0 aliphatic rings. The van der Waals surface area contributed by atoms with E-state index >= 15 is 0 Å². The number of anilines is 3. The molecule has 0 unspecified atom stereocenters. The first-order valence-electron chi connectivity index (χ1n) is 10.8. The minimum Gasteiger partial charge on any atom is -0.482 e. The van der Waals surface area contributed by atoms with E-state index in [1.165, 1.54) is 18.5 Å². The number of hydrazine groups is 1. The number of nitrogens with zero attached hydrogens (tertiary/aromatic N) is 4. The molecular formula is C24H20Cl2N6O4. The maximum atomic E-state index is 12.3. The minimum atomic E-state index is -0.614. The van der Waals surface area contributed by atoms with Crippen LogP contribution in [-0.4, -0.2) is 34.0 Å². The number of nitro groups is 1. The van der Waals surface area contributed by atoms with E-state index < -0.39 is 23.1 Å². The summed E-state index contributed by atoms with van der Waals surface area (Å²) in [6.07, 6.45) is 1.19. The molecule has 0 atom stereocenters. The SMILES string of the molecule is CCN(c1ncnc(NNC(=O)COc2ccc(Cl)cc2Cl)c1[N+](=O)[O-])c1cccc2ccccc12. The van der Waals surface area contributed by atoms with Gasteiger partial charge in [0, 0.05) is 17.0 Å². The predicted molar refractivity (Wildman–Crippen MR) is 139 cm³/mol. The Balaban J connectivity index is 1.56. The van der Waals surface area contributed by atoms with Gasteiger partial charge in [0.25, 0.3) is 5.91 Å². The Hall–Kier alpha value is -4.15. The molecule has 0 bridgehead atoms. The molecule has 12 heteroatoms. The van der Waals surface area contributed by atoms with E-state index in [1.807, 2.05) is 49.4 Å². The Kier molecular flexibility index (Phi) is 7.67. The first-order valence-corrected chi connectivity index (χ1v) is 11.5. The Morgan fingerprint density at radius 3 is 2.64 bits per heavy atom. The highest BCUT2D eigenvalue weighted by molar-refractivity contribution is 6.35. The molecule has 2 N–H and O–H groups in total. The maximum Gasteiger partial charge on any atom is 0.355 e. The molecule has 0 spiro atoms. The zero-order valence-electron chi connectivity index (χ0n) is 18.9. The highest BCUT2D eigenvalue weighted by Gasteiger charge is 2.28. The molecule has 184 valence electrons. The van der Waals surface area contributed by atoms with E-state index in [2.05, 4.69) is 20.8 Å². The quantitative estimate of drug-likeness (QED) is 0.215. The summed E-state index contributed by atoms with van der Waals surface area (Å²) in [4.78, 5) is 33.7. The molecule has 4 aromatic rings. The van der Waals surface area contributed by atoms with Gasteiger partial charge in [0.2, 0.25) is 11.6 Å². The van der Waals surface area contributed by atoms with Gasteiger partial charge in [-0.15, -0.1) is 0 Å². The van der Waals surface area contributed by atoms with Crippen LogP contribution in [0.3, 0.4) is 0 Å². The Morgan fingerprint density at radius 1 is 1.11 bits per heavy atom. The van der Waals surface area contributed by atoms with Crippen LogP contribution >= 0.6 is 23.2 Å². The van der Waals surface area contributed by atoms with Crippen molar-refractivity contribution in [3.63, 3.8) is 0 Å². The second-order valence-corrected chi connectivity index (χ2v) is 8.27. The molecule has 0 radical (unpaired) electrons. The molecule has 0 saturated carbocycles. The maximum absolute atomic E-state index is 12.3. The Bertz CT molecular complexity index is 1430. The van der Waals surface area contributed by atoms with Crippen LogP contribution in [0, 0.1) is 10.1 Å². The highest BCUT2D eigenvalue weighted by Crippen LogP contribution is 2.38. The van der Waals surface area contributed by atoms with E-state index in [4.69, 9.17) is 27.9 Å². The van der Waals surface area contributed by atoms with E-state index in [9.17, 15) is 14.9 Å². The van der Waals surface area contributed by atoms with Crippen molar-refractivity contribution in [2.24, 2.45) is 0 Å². The van der Waals surface area contributed by atoms with Crippen molar-refractivity contribution in [2.45, 2.75) is 6.92 Å². The average molecular weight is 527 g/mol. The molecule has 1 aromatic heterocycles. The summed E-state index contributed by atoms with van der Waals surface area (Å²) in [5.41, 5.74) is 5.22. The molecular weight excluding hydrogens is 507 g/mol. The van der Waals surface area contributed by atoms with E-state index in [0.29, 0.717) is 11.6 Å². The van der Waals surface area contributed by atoms with Gasteiger partial charge in [-0.1, -0.05) is 59.6 Å². The van der Waals surface area contributed by atoms with Gasteiger partial charge < -0.3 is 9.64 Å². The van der Waals surface area contributed by atoms with Gasteiger partial charge >= 0.3 is 5.69 Å². The van der Waals surface area contributed by atoms with Crippen molar-refractivity contribution in [3.8, 4) is 5.75 Å². The van der Waals surface area contributed by atoms with Gasteiger partial charge in [0.15, 0.2) is 6.61 Å². The summed E-state index contributed by atoms with van der Waals surface area (Å²) in [7, 11) is 0. The highest BCUT2D eigenvalue weighted by atomic mass is 35.5. The minimum absolute atomic E-state index is 0.0785. The van der Waals surface area contributed by atoms with Gasteiger partial charge in [-0.25, -0.2) is 9.97 Å². The first kappa shape index (κ1) is 25.0. The Morgan fingerprint density at radius 2 is 1.89 bits per heavy atom. The van der Waals surface area contributed by atoms with Crippen molar-refractivity contribution in [1.82, 2.24) is 15.4 Å². The lowest BCUT2D eigenvalue weighted by atomic mass is 10.1. The van der Waals surface area contributed by atoms with E-state index in [-0.39, 0.29) is 22.4 Å². The molecule has 0 saturated heterocycles. The number of nitrogens with one attached hydrogen (secondary N) is 2. The summed E-state index contributed by atoms with van der Waals surface area (Å²) in [6.45, 7) is 1.85.